The molecule has 1 aliphatic carbocycles. The van der Waals surface area contributed by atoms with E-state index in [2.05, 4.69) is 61.4 Å². The molecule has 3 aliphatic rings. The van der Waals surface area contributed by atoms with Crippen LogP contribution in [-0.2, 0) is 9.59 Å². The lowest BCUT2D eigenvalue weighted by molar-refractivity contribution is -0.122. The van der Waals surface area contributed by atoms with Crippen molar-refractivity contribution in [2.75, 3.05) is 25.0 Å². The Balaban J connectivity index is 0.840. The average molecular weight is 747 g/mol. The smallest absolute Gasteiger partial charge is 0.259 e. The van der Waals surface area contributed by atoms with Crippen molar-refractivity contribution in [3.63, 3.8) is 0 Å². The topological polar surface area (TPSA) is 121 Å². The maximum atomic E-state index is 13.7. The molecule has 0 spiro atoms. The van der Waals surface area contributed by atoms with E-state index >= 15 is 0 Å². The number of carbonyl (C=O) groups is 3. The molecule has 284 valence electrons. The van der Waals surface area contributed by atoms with E-state index in [0.29, 0.717) is 34.7 Å². The molecule has 0 radical (unpaired) electrons. The number of likely N-dealkylation sites (N-methyl/N-ethyl adjacent to an activating group) is 1. The standard InChI is InChI=1S/C46H46N6O4/c1-47-45(55)41(9-5-27-53)52-40-20-19-34(35-7-4-8-37(44(35)40)46(52)56)31-13-15-32(16-14-31)50-24-21-30(22-25-50)29-11-17-33(18-12-29)51-26-23-38-42(51)28-39(49-48-38)36-6-2-3-10-43(36)54/h2-4,6-8,10-12,17-20,23,26-28,30-32,41,54H,5,9,13-16,21-22,24-25H2,1H3,(H,47,55). The summed E-state index contributed by atoms with van der Waals surface area (Å²) >= 11 is 0. The van der Waals surface area contributed by atoms with Gasteiger partial charge >= 0.3 is 0 Å². The van der Waals surface area contributed by atoms with Gasteiger partial charge in [0.25, 0.3) is 5.91 Å². The summed E-state index contributed by atoms with van der Waals surface area (Å²) in [6, 6.07) is 30.1. The summed E-state index contributed by atoms with van der Waals surface area (Å²) in [5, 5.41) is 23.9. The maximum absolute atomic E-state index is 13.7. The molecule has 1 unspecified atom stereocenters. The van der Waals surface area contributed by atoms with Crippen molar-refractivity contribution in [2.24, 2.45) is 0 Å². The van der Waals surface area contributed by atoms with Gasteiger partial charge in [0.05, 0.1) is 16.9 Å². The zero-order valence-corrected chi connectivity index (χ0v) is 31.6. The molecule has 0 bridgehead atoms. The fraction of sp³-hybridized carbons (Fsp3) is 0.326. The van der Waals surface area contributed by atoms with Crippen LogP contribution in [0.25, 0.3) is 38.8 Å². The van der Waals surface area contributed by atoms with Gasteiger partial charge in [-0.2, -0.15) is 0 Å². The molecular formula is C46H46N6O4. The molecule has 4 heterocycles. The molecule has 10 nitrogen and oxygen atoms in total. The van der Waals surface area contributed by atoms with Crippen molar-refractivity contribution in [1.82, 2.24) is 25.0 Å². The number of hydrogen-bond donors (Lipinski definition) is 2. The van der Waals surface area contributed by atoms with Crippen LogP contribution in [0.3, 0.4) is 0 Å². The summed E-state index contributed by atoms with van der Waals surface area (Å²) in [6.45, 7) is 2.21. The van der Waals surface area contributed by atoms with E-state index < -0.39 is 6.04 Å². The highest BCUT2D eigenvalue weighted by atomic mass is 16.3. The predicted octanol–water partition coefficient (Wildman–Crippen LogP) is 7.91. The van der Waals surface area contributed by atoms with Gasteiger partial charge in [0.15, 0.2) is 0 Å². The van der Waals surface area contributed by atoms with Gasteiger partial charge in [-0.1, -0.05) is 42.5 Å². The number of para-hydroxylation sites is 1. The number of aromatic hydroxyl groups is 1. The number of amides is 2. The molecule has 1 atom stereocenters. The Bertz CT molecular complexity index is 2440. The second kappa shape index (κ2) is 15.0. The SMILES string of the molecule is CNC(=O)C(CCC=O)N1C(=O)c2cccc3c(C4CCC(N5CCC(c6ccc(-n7ccc8nnc(-c9ccccc9O)cc87)cc6)CC5)CC4)ccc1c23. The Labute approximate surface area is 326 Å². The minimum Gasteiger partial charge on any atom is -0.507 e. The molecule has 56 heavy (non-hydrogen) atoms. The summed E-state index contributed by atoms with van der Waals surface area (Å²) in [4.78, 5) is 42.2. The highest BCUT2D eigenvalue weighted by Crippen LogP contribution is 2.45. The number of phenolic OH excluding ortho intramolecular Hbond substituents is 1. The molecule has 9 rings (SSSR count). The molecular weight excluding hydrogens is 701 g/mol. The molecule has 1 saturated heterocycles. The van der Waals surface area contributed by atoms with E-state index in [-0.39, 0.29) is 30.4 Å². The lowest BCUT2D eigenvalue weighted by atomic mass is 9.78. The number of rotatable bonds is 10. The van der Waals surface area contributed by atoms with Gasteiger partial charge in [0, 0.05) is 47.9 Å². The summed E-state index contributed by atoms with van der Waals surface area (Å²) in [5.74, 6) is 0.711. The molecule has 2 amide bonds. The quantitative estimate of drug-likeness (QED) is 0.137. The molecule has 2 N–H and O–H groups in total. The van der Waals surface area contributed by atoms with Crippen LogP contribution in [0.15, 0.2) is 97.2 Å². The first-order valence-corrected chi connectivity index (χ1v) is 20.0. The molecule has 6 aromatic rings. The van der Waals surface area contributed by atoms with Crippen molar-refractivity contribution in [2.45, 2.75) is 75.3 Å². The van der Waals surface area contributed by atoms with Crippen molar-refractivity contribution < 1.29 is 19.5 Å². The largest absolute Gasteiger partial charge is 0.507 e. The molecule has 2 fully saturated rings. The van der Waals surface area contributed by atoms with Crippen LogP contribution in [0.2, 0.25) is 0 Å². The molecule has 4 aromatic carbocycles. The Kier molecular flexibility index (Phi) is 9.59. The Morgan fingerprint density at radius 3 is 2.39 bits per heavy atom. The van der Waals surface area contributed by atoms with Gasteiger partial charge in [-0.15, -0.1) is 10.2 Å². The monoisotopic (exact) mass is 746 g/mol. The number of likely N-dealkylation sites (tertiary alicyclic amines) is 1. The van der Waals surface area contributed by atoms with Crippen LogP contribution >= 0.6 is 0 Å². The number of carbonyl (C=O) groups excluding carboxylic acids is 3. The third kappa shape index (κ3) is 6.31. The van der Waals surface area contributed by atoms with E-state index in [1.807, 2.05) is 48.7 Å². The minimum atomic E-state index is -0.730. The summed E-state index contributed by atoms with van der Waals surface area (Å²) < 4.78 is 2.13. The van der Waals surface area contributed by atoms with Gasteiger partial charge in [-0.3, -0.25) is 14.5 Å². The normalized spacial score (nSPS) is 19.4. The number of aromatic nitrogens is 3. The van der Waals surface area contributed by atoms with E-state index in [4.69, 9.17) is 0 Å². The van der Waals surface area contributed by atoms with Crippen LogP contribution in [0.5, 0.6) is 5.75 Å². The van der Waals surface area contributed by atoms with Crippen molar-refractivity contribution in [1.29, 1.82) is 0 Å². The summed E-state index contributed by atoms with van der Waals surface area (Å²) in [7, 11) is 1.57. The van der Waals surface area contributed by atoms with Crippen molar-refractivity contribution in [3.05, 3.63) is 114 Å². The van der Waals surface area contributed by atoms with Crippen LogP contribution in [0.4, 0.5) is 5.69 Å². The number of anilines is 1. The number of nitrogens with zero attached hydrogens (tertiary/aromatic N) is 5. The number of fused-ring (bicyclic) bond motifs is 1. The Morgan fingerprint density at radius 2 is 1.64 bits per heavy atom. The van der Waals surface area contributed by atoms with E-state index in [9.17, 15) is 19.5 Å². The number of benzene rings is 4. The average Bonchev–Trinajstić information content (AvgIpc) is 3.80. The van der Waals surface area contributed by atoms with Gasteiger partial charge in [-0.05, 0) is 135 Å². The Hall–Kier alpha value is -5.87. The van der Waals surface area contributed by atoms with Gasteiger partial charge in [0.1, 0.15) is 23.6 Å². The molecule has 2 aromatic heterocycles. The van der Waals surface area contributed by atoms with Crippen molar-refractivity contribution >= 4 is 45.6 Å². The van der Waals surface area contributed by atoms with Gasteiger partial charge in [0.2, 0.25) is 5.91 Å². The fourth-order valence-electron chi connectivity index (χ4n) is 9.70. The third-order valence-electron chi connectivity index (χ3n) is 12.6. The lowest BCUT2D eigenvalue weighted by Crippen LogP contribution is -2.47. The number of aldehydes is 1. The summed E-state index contributed by atoms with van der Waals surface area (Å²) in [6.07, 6.45) is 10.1. The highest BCUT2D eigenvalue weighted by molar-refractivity contribution is 6.27. The molecule has 1 saturated carbocycles. The van der Waals surface area contributed by atoms with E-state index in [0.717, 1.165) is 91.1 Å². The van der Waals surface area contributed by atoms with Crippen molar-refractivity contribution in [3.8, 4) is 22.7 Å². The second-order valence-electron chi connectivity index (χ2n) is 15.6. The van der Waals surface area contributed by atoms with Gasteiger partial charge < -0.3 is 24.7 Å². The van der Waals surface area contributed by atoms with Crippen LogP contribution < -0.4 is 10.2 Å². The predicted molar refractivity (Wildman–Crippen MR) is 218 cm³/mol. The zero-order valence-electron chi connectivity index (χ0n) is 31.6. The zero-order chi connectivity index (χ0) is 38.3. The maximum Gasteiger partial charge on any atom is 0.259 e. The number of piperidine rings is 1. The third-order valence-corrected chi connectivity index (χ3v) is 12.6. The molecule has 2 aliphatic heterocycles. The lowest BCUT2D eigenvalue weighted by Gasteiger charge is -2.41. The number of nitrogens with one attached hydrogen (secondary N) is 1. The summed E-state index contributed by atoms with van der Waals surface area (Å²) in [5.41, 5.74) is 8.21. The first-order chi connectivity index (χ1) is 27.4. The molecule has 10 heteroatoms. The first kappa shape index (κ1) is 35.8. The van der Waals surface area contributed by atoms with Gasteiger partial charge in [-0.25, -0.2) is 0 Å². The highest BCUT2D eigenvalue weighted by Gasteiger charge is 2.39. The van der Waals surface area contributed by atoms with Crippen LogP contribution in [0.1, 0.15) is 84.7 Å². The minimum absolute atomic E-state index is 0.171. The Morgan fingerprint density at radius 1 is 0.875 bits per heavy atom. The van der Waals surface area contributed by atoms with E-state index in [1.54, 1.807) is 24.1 Å². The van der Waals surface area contributed by atoms with Crippen LogP contribution in [0, 0.1) is 0 Å². The van der Waals surface area contributed by atoms with E-state index in [1.165, 1.54) is 11.1 Å². The number of hydrogen-bond acceptors (Lipinski definition) is 7. The van der Waals surface area contributed by atoms with Crippen LogP contribution in [-0.4, -0.2) is 75.1 Å². The second-order valence-corrected chi connectivity index (χ2v) is 15.6. The number of phenols is 1. The first-order valence-electron chi connectivity index (χ1n) is 20.0. The fourth-order valence-corrected chi connectivity index (χ4v) is 9.70.